The molecular weight excluding hydrogens is 266 g/mol. The van der Waals surface area contributed by atoms with Crippen molar-refractivity contribution in [2.75, 3.05) is 43.9 Å². The summed E-state index contributed by atoms with van der Waals surface area (Å²) in [5.74, 6) is 1.53. The van der Waals surface area contributed by atoms with E-state index in [-0.39, 0.29) is 5.91 Å². The van der Waals surface area contributed by atoms with E-state index in [9.17, 15) is 4.79 Å². The summed E-state index contributed by atoms with van der Waals surface area (Å²) in [6.45, 7) is 8.15. The fraction of sp³-hybridized carbons (Fsp3) is 0.667. The minimum Gasteiger partial charge on any atom is -0.354 e. The molecule has 0 saturated heterocycles. The quantitative estimate of drug-likeness (QED) is 0.793. The number of rotatable bonds is 8. The molecule has 0 fully saturated rings. The third-order valence-corrected chi connectivity index (χ3v) is 3.10. The highest BCUT2D eigenvalue weighted by molar-refractivity contribution is 5.81. The van der Waals surface area contributed by atoms with Gasteiger partial charge in [0.05, 0.1) is 6.54 Å². The van der Waals surface area contributed by atoms with Gasteiger partial charge in [-0.15, -0.1) is 0 Å². The van der Waals surface area contributed by atoms with Gasteiger partial charge in [-0.3, -0.25) is 4.79 Å². The van der Waals surface area contributed by atoms with E-state index in [1.807, 2.05) is 18.0 Å². The maximum atomic E-state index is 12.0. The lowest BCUT2D eigenvalue weighted by atomic mass is 10.3. The van der Waals surface area contributed by atoms with Crippen LogP contribution in [0, 0.1) is 6.92 Å². The van der Waals surface area contributed by atoms with E-state index in [2.05, 4.69) is 29.1 Å². The van der Waals surface area contributed by atoms with Crippen molar-refractivity contribution < 1.29 is 4.79 Å². The van der Waals surface area contributed by atoms with Crippen molar-refractivity contribution in [3.63, 3.8) is 0 Å². The van der Waals surface area contributed by atoms with Gasteiger partial charge >= 0.3 is 0 Å². The molecule has 0 saturated carbocycles. The van der Waals surface area contributed by atoms with Crippen molar-refractivity contribution in [1.82, 2.24) is 14.9 Å². The minimum atomic E-state index is 0.0736. The predicted octanol–water partition coefficient (Wildman–Crippen LogP) is 1.91. The van der Waals surface area contributed by atoms with E-state index >= 15 is 0 Å². The van der Waals surface area contributed by atoms with E-state index < -0.39 is 0 Å². The van der Waals surface area contributed by atoms with Gasteiger partial charge in [-0.2, -0.15) is 4.98 Å². The monoisotopic (exact) mass is 293 g/mol. The van der Waals surface area contributed by atoms with E-state index in [4.69, 9.17) is 0 Å². The number of hydrogen-bond donors (Lipinski definition) is 1. The van der Waals surface area contributed by atoms with Gasteiger partial charge < -0.3 is 15.1 Å². The number of hydrogen-bond acceptors (Lipinski definition) is 5. The zero-order valence-electron chi connectivity index (χ0n) is 13.8. The average molecular weight is 293 g/mol. The Bertz CT molecular complexity index is 461. The first-order valence-electron chi connectivity index (χ1n) is 7.52. The summed E-state index contributed by atoms with van der Waals surface area (Å²) in [5, 5.41) is 3.19. The summed E-state index contributed by atoms with van der Waals surface area (Å²) >= 11 is 0. The Morgan fingerprint density at radius 2 is 2.00 bits per heavy atom. The molecule has 0 bridgehead atoms. The topological polar surface area (TPSA) is 61.4 Å². The van der Waals surface area contributed by atoms with Crippen LogP contribution in [0.15, 0.2) is 6.20 Å². The predicted molar refractivity (Wildman–Crippen MR) is 86.7 cm³/mol. The van der Waals surface area contributed by atoms with Gasteiger partial charge in [0.2, 0.25) is 11.9 Å². The molecule has 118 valence electrons. The SMILES string of the molecule is CCCNc1ncc(C)c(N(CCC)CC(=O)N(C)C)n1. The lowest BCUT2D eigenvalue weighted by molar-refractivity contribution is -0.127. The molecular formula is C15H27N5O. The van der Waals surface area contributed by atoms with Gasteiger partial charge in [0, 0.05) is 38.9 Å². The number of carbonyl (C=O) groups is 1. The normalized spacial score (nSPS) is 10.3. The van der Waals surface area contributed by atoms with E-state index in [0.29, 0.717) is 12.5 Å². The Balaban J connectivity index is 2.97. The van der Waals surface area contributed by atoms with Crippen LogP contribution in [0.1, 0.15) is 32.3 Å². The average Bonchev–Trinajstić information content (AvgIpc) is 2.45. The number of aromatic nitrogens is 2. The third kappa shape index (κ3) is 5.21. The van der Waals surface area contributed by atoms with Crippen LogP contribution in [-0.2, 0) is 4.79 Å². The Labute approximate surface area is 127 Å². The molecule has 1 N–H and O–H groups in total. The minimum absolute atomic E-state index is 0.0736. The summed E-state index contributed by atoms with van der Waals surface area (Å²) in [5.41, 5.74) is 0.983. The van der Waals surface area contributed by atoms with Crippen molar-refractivity contribution in [2.45, 2.75) is 33.6 Å². The van der Waals surface area contributed by atoms with Crippen molar-refractivity contribution in [1.29, 1.82) is 0 Å². The number of aryl methyl sites for hydroxylation is 1. The number of anilines is 2. The van der Waals surface area contributed by atoms with Crippen LogP contribution >= 0.6 is 0 Å². The Hall–Kier alpha value is -1.85. The Morgan fingerprint density at radius 1 is 1.29 bits per heavy atom. The fourth-order valence-corrected chi connectivity index (χ4v) is 1.91. The lowest BCUT2D eigenvalue weighted by Crippen LogP contribution is -2.38. The first-order chi connectivity index (χ1) is 9.99. The highest BCUT2D eigenvalue weighted by Gasteiger charge is 2.16. The number of carbonyl (C=O) groups excluding carboxylic acids is 1. The molecule has 0 aromatic carbocycles. The number of nitrogens with one attached hydrogen (secondary N) is 1. The summed E-state index contributed by atoms with van der Waals surface area (Å²) in [4.78, 5) is 24.5. The summed E-state index contributed by atoms with van der Waals surface area (Å²) < 4.78 is 0. The Kier molecular flexibility index (Phi) is 6.91. The van der Waals surface area contributed by atoms with Crippen LogP contribution < -0.4 is 10.2 Å². The molecule has 0 aliphatic carbocycles. The largest absolute Gasteiger partial charge is 0.354 e. The third-order valence-electron chi connectivity index (χ3n) is 3.10. The molecule has 1 aromatic heterocycles. The molecule has 6 nitrogen and oxygen atoms in total. The summed E-state index contributed by atoms with van der Waals surface area (Å²) in [6, 6.07) is 0. The van der Waals surface area contributed by atoms with Crippen molar-refractivity contribution >= 4 is 17.7 Å². The maximum Gasteiger partial charge on any atom is 0.241 e. The standard InChI is InChI=1S/C15H27N5O/c1-6-8-16-15-17-10-12(3)14(18-15)20(9-7-2)11-13(21)19(4)5/h10H,6-9,11H2,1-5H3,(H,16,17,18). The molecule has 0 spiro atoms. The summed E-state index contributed by atoms with van der Waals surface area (Å²) in [7, 11) is 3.54. The fourth-order valence-electron chi connectivity index (χ4n) is 1.91. The van der Waals surface area contributed by atoms with Crippen LogP contribution in [0.25, 0.3) is 0 Å². The van der Waals surface area contributed by atoms with Gasteiger partial charge in [0.15, 0.2) is 0 Å². The first-order valence-corrected chi connectivity index (χ1v) is 7.52. The molecule has 0 aliphatic rings. The second-order valence-electron chi connectivity index (χ2n) is 5.34. The molecule has 0 unspecified atom stereocenters. The molecule has 6 heteroatoms. The van der Waals surface area contributed by atoms with Crippen molar-refractivity contribution in [3.05, 3.63) is 11.8 Å². The van der Waals surface area contributed by atoms with Gasteiger partial charge in [0.1, 0.15) is 5.82 Å². The molecule has 21 heavy (non-hydrogen) atoms. The molecule has 1 heterocycles. The van der Waals surface area contributed by atoms with E-state index in [0.717, 1.165) is 37.3 Å². The number of amides is 1. The van der Waals surface area contributed by atoms with Gasteiger partial charge in [-0.05, 0) is 19.8 Å². The van der Waals surface area contributed by atoms with Crippen LogP contribution in [0.5, 0.6) is 0 Å². The van der Waals surface area contributed by atoms with E-state index in [1.54, 1.807) is 19.0 Å². The van der Waals surface area contributed by atoms with Crippen LogP contribution in [-0.4, -0.2) is 54.5 Å². The zero-order valence-corrected chi connectivity index (χ0v) is 13.8. The highest BCUT2D eigenvalue weighted by Crippen LogP contribution is 2.18. The van der Waals surface area contributed by atoms with Gasteiger partial charge in [-0.25, -0.2) is 4.98 Å². The smallest absolute Gasteiger partial charge is 0.241 e. The number of nitrogens with zero attached hydrogens (tertiary/aromatic N) is 4. The molecule has 0 radical (unpaired) electrons. The maximum absolute atomic E-state index is 12.0. The highest BCUT2D eigenvalue weighted by atomic mass is 16.2. The zero-order chi connectivity index (χ0) is 15.8. The van der Waals surface area contributed by atoms with Crippen molar-refractivity contribution in [3.8, 4) is 0 Å². The second-order valence-corrected chi connectivity index (χ2v) is 5.34. The van der Waals surface area contributed by atoms with Crippen molar-refractivity contribution in [2.24, 2.45) is 0 Å². The van der Waals surface area contributed by atoms with Crippen LogP contribution in [0.2, 0.25) is 0 Å². The van der Waals surface area contributed by atoms with Gasteiger partial charge in [-0.1, -0.05) is 13.8 Å². The molecule has 1 rings (SSSR count). The molecule has 0 aliphatic heterocycles. The first kappa shape index (κ1) is 17.2. The van der Waals surface area contributed by atoms with Gasteiger partial charge in [0.25, 0.3) is 0 Å². The van der Waals surface area contributed by atoms with Crippen LogP contribution in [0.3, 0.4) is 0 Å². The second kappa shape index (κ2) is 8.44. The number of likely N-dealkylation sites (N-methyl/N-ethyl adjacent to an activating group) is 1. The lowest BCUT2D eigenvalue weighted by Gasteiger charge is -2.25. The van der Waals surface area contributed by atoms with E-state index in [1.165, 1.54) is 0 Å². The summed E-state index contributed by atoms with van der Waals surface area (Å²) in [6.07, 6.45) is 3.79. The molecule has 1 aromatic rings. The Morgan fingerprint density at radius 3 is 2.57 bits per heavy atom. The van der Waals surface area contributed by atoms with Crippen LogP contribution in [0.4, 0.5) is 11.8 Å². The molecule has 1 amide bonds. The molecule has 0 atom stereocenters.